The summed E-state index contributed by atoms with van der Waals surface area (Å²) in [5.74, 6) is 0.975. The first-order chi connectivity index (χ1) is 6.79. The quantitative estimate of drug-likeness (QED) is 0.635. The van der Waals surface area contributed by atoms with Crippen molar-refractivity contribution in [3.63, 3.8) is 0 Å². The van der Waals surface area contributed by atoms with Gasteiger partial charge < -0.3 is 5.73 Å². The smallest absolute Gasteiger partial charge is 0.00792 e. The molecule has 2 fully saturated rings. The zero-order valence-corrected chi connectivity index (χ0v) is 9.39. The number of nitrogens with two attached hydrogens (primary N) is 1. The van der Waals surface area contributed by atoms with Crippen LogP contribution in [0.3, 0.4) is 0 Å². The zero-order chi connectivity index (χ0) is 9.97. The van der Waals surface area contributed by atoms with E-state index in [0.717, 1.165) is 5.92 Å². The van der Waals surface area contributed by atoms with Crippen molar-refractivity contribution >= 4 is 0 Å². The van der Waals surface area contributed by atoms with Crippen LogP contribution < -0.4 is 5.73 Å². The predicted octanol–water partition coefficient (Wildman–Crippen LogP) is 3.39. The molecular formula is C13H23N. The topological polar surface area (TPSA) is 26.0 Å². The summed E-state index contributed by atoms with van der Waals surface area (Å²) in [5, 5.41) is 0. The predicted molar refractivity (Wildman–Crippen MR) is 61.1 cm³/mol. The molecule has 0 aromatic rings. The van der Waals surface area contributed by atoms with Crippen LogP contribution in [0.1, 0.15) is 58.3 Å². The second kappa shape index (κ2) is 4.48. The van der Waals surface area contributed by atoms with E-state index in [2.05, 4.69) is 6.92 Å². The fourth-order valence-electron chi connectivity index (χ4n) is 3.03. The van der Waals surface area contributed by atoms with E-state index in [4.69, 9.17) is 5.73 Å². The van der Waals surface area contributed by atoms with Gasteiger partial charge in [0, 0.05) is 6.04 Å². The summed E-state index contributed by atoms with van der Waals surface area (Å²) in [6.07, 6.45) is 10.7. The minimum atomic E-state index is 0.472. The molecule has 0 heterocycles. The first-order valence-electron chi connectivity index (χ1n) is 6.25. The summed E-state index contributed by atoms with van der Waals surface area (Å²) in [6.45, 7) is 2.33. The fourth-order valence-corrected chi connectivity index (χ4v) is 3.03. The Bertz CT molecular complexity index is 229. The van der Waals surface area contributed by atoms with Crippen LogP contribution in [-0.2, 0) is 0 Å². The average Bonchev–Trinajstić information content (AvgIpc) is 2.65. The lowest BCUT2D eigenvalue weighted by Crippen LogP contribution is -2.14. The first kappa shape index (κ1) is 10.2. The minimum Gasteiger partial charge on any atom is -0.327 e. The third kappa shape index (κ3) is 2.20. The van der Waals surface area contributed by atoms with Crippen LogP contribution in [-0.4, -0.2) is 6.04 Å². The molecular weight excluding hydrogens is 170 g/mol. The fraction of sp³-hybridized carbons (Fsp3) is 0.846. The Kier molecular flexibility index (Phi) is 3.27. The first-order valence-corrected chi connectivity index (χ1v) is 6.25. The molecule has 2 atom stereocenters. The molecule has 1 heteroatoms. The van der Waals surface area contributed by atoms with Crippen molar-refractivity contribution in [3.8, 4) is 0 Å². The Morgan fingerprint density at radius 2 is 1.93 bits per heavy atom. The van der Waals surface area contributed by atoms with Gasteiger partial charge in [0.05, 0.1) is 0 Å². The lowest BCUT2D eigenvalue weighted by Gasteiger charge is -2.24. The maximum atomic E-state index is 5.96. The monoisotopic (exact) mass is 193 g/mol. The van der Waals surface area contributed by atoms with Crippen molar-refractivity contribution in [2.24, 2.45) is 11.7 Å². The summed E-state index contributed by atoms with van der Waals surface area (Å²) in [4.78, 5) is 0. The Morgan fingerprint density at radius 1 is 1.14 bits per heavy atom. The number of allylic oxidation sites excluding steroid dienone is 1. The molecule has 14 heavy (non-hydrogen) atoms. The van der Waals surface area contributed by atoms with E-state index in [1.54, 1.807) is 11.1 Å². The molecule has 0 saturated heterocycles. The van der Waals surface area contributed by atoms with E-state index in [1.165, 1.54) is 51.4 Å². The van der Waals surface area contributed by atoms with Gasteiger partial charge in [-0.2, -0.15) is 0 Å². The maximum Gasteiger partial charge on any atom is 0.00792 e. The van der Waals surface area contributed by atoms with Crippen LogP contribution in [0, 0.1) is 5.92 Å². The van der Waals surface area contributed by atoms with Crippen molar-refractivity contribution in [1.82, 2.24) is 0 Å². The van der Waals surface area contributed by atoms with Crippen molar-refractivity contribution in [1.29, 1.82) is 0 Å². The van der Waals surface area contributed by atoms with Crippen LogP contribution in [0.4, 0.5) is 0 Å². The third-order valence-corrected chi connectivity index (χ3v) is 4.03. The van der Waals surface area contributed by atoms with Crippen LogP contribution in [0.15, 0.2) is 11.1 Å². The summed E-state index contributed by atoms with van der Waals surface area (Å²) >= 11 is 0. The van der Waals surface area contributed by atoms with Crippen LogP contribution >= 0.6 is 0 Å². The van der Waals surface area contributed by atoms with Crippen LogP contribution in [0.5, 0.6) is 0 Å². The van der Waals surface area contributed by atoms with Gasteiger partial charge in [-0.05, 0) is 50.9 Å². The Hall–Kier alpha value is -0.300. The summed E-state index contributed by atoms with van der Waals surface area (Å²) in [6, 6.07) is 0.472. The molecule has 2 saturated carbocycles. The lowest BCUT2D eigenvalue weighted by molar-refractivity contribution is 0.404. The summed E-state index contributed by atoms with van der Waals surface area (Å²) in [7, 11) is 0. The van der Waals surface area contributed by atoms with Crippen molar-refractivity contribution in [2.45, 2.75) is 64.3 Å². The molecule has 0 aromatic heterocycles. The SMILES string of the molecule is CCC1CCCC(=C2CCC(N)C2)C1. The van der Waals surface area contributed by atoms with Gasteiger partial charge in [0.1, 0.15) is 0 Å². The molecule has 1 nitrogen and oxygen atoms in total. The Balaban J connectivity index is 2.02. The molecule has 80 valence electrons. The highest BCUT2D eigenvalue weighted by Gasteiger charge is 2.22. The third-order valence-electron chi connectivity index (χ3n) is 4.03. The molecule has 0 aromatic carbocycles. The standard InChI is InChI=1S/C13H23N/c1-2-10-4-3-5-11(8-10)12-6-7-13(14)9-12/h10,13H,2-9,14H2,1H3. The van der Waals surface area contributed by atoms with Gasteiger partial charge in [-0.1, -0.05) is 24.5 Å². The van der Waals surface area contributed by atoms with Crippen molar-refractivity contribution in [2.75, 3.05) is 0 Å². The zero-order valence-electron chi connectivity index (χ0n) is 9.39. The molecule has 0 amide bonds. The normalized spacial score (nSPS) is 39.0. The Labute approximate surface area is 87.8 Å². The van der Waals surface area contributed by atoms with Gasteiger partial charge in [0.2, 0.25) is 0 Å². The second-order valence-corrected chi connectivity index (χ2v) is 5.08. The molecule has 0 aliphatic heterocycles. The molecule has 2 rings (SSSR count). The van der Waals surface area contributed by atoms with Crippen molar-refractivity contribution in [3.05, 3.63) is 11.1 Å². The van der Waals surface area contributed by atoms with E-state index in [0.29, 0.717) is 6.04 Å². The lowest BCUT2D eigenvalue weighted by atomic mass is 9.81. The van der Waals surface area contributed by atoms with E-state index in [9.17, 15) is 0 Å². The van der Waals surface area contributed by atoms with E-state index in [1.807, 2.05) is 0 Å². The van der Waals surface area contributed by atoms with Gasteiger partial charge in [0.25, 0.3) is 0 Å². The van der Waals surface area contributed by atoms with E-state index >= 15 is 0 Å². The molecule has 0 bridgehead atoms. The summed E-state index contributed by atoms with van der Waals surface area (Å²) < 4.78 is 0. The molecule has 0 radical (unpaired) electrons. The number of rotatable bonds is 1. The molecule has 2 aliphatic carbocycles. The number of hydrogen-bond donors (Lipinski definition) is 1. The molecule has 2 aliphatic rings. The molecule has 0 spiro atoms. The maximum absolute atomic E-state index is 5.96. The minimum absolute atomic E-state index is 0.472. The highest BCUT2D eigenvalue weighted by molar-refractivity contribution is 5.20. The van der Waals surface area contributed by atoms with Gasteiger partial charge in [-0.25, -0.2) is 0 Å². The van der Waals surface area contributed by atoms with Gasteiger partial charge in [0.15, 0.2) is 0 Å². The average molecular weight is 193 g/mol. The second-order valence-electron chi connectivity index (χ2n) is 5.08. The number of hydrogen-bond acceptors (Lipinski definition) is 1. The van der Waals surface area contributed by atoms with E-state index in [-0.39, 0.29) is 0 Å². The highest BCUT2D eigenvalue weighted by atomic mass is 14.6. The van der Waals surface area contributed by atoms with Gasteiger partial charge >= 0.3 is 0 Å². The van der Waals surface area contributed by atoms with Crippen LogP contribution in [0.2, 0.25) is 0 Å². The molecule has 2 N–H and O–H groups in total. The van der Waals surface area contributed by atoms with Crippen LogP contribution in [0.25, 0.3) is 0 Å². The van der Waals surface area contributed by atoms with Gasteiger partial charge in [-0.15, -0.1) is 0 Å². The van der Waals surface area contributed by atoms with Gasteiger partial charge in [-0.3, -0.25) is 0 Å². The molecule has 2 unspecified atom stereocenters. The van der Waals surface area contributed by atoms with Crippen molar-refractivity contribution < 1.29 is 0 Å². The van der Waals surface area contributed by atoms with E-state index < -0.39 is 0 Å². The highest BCUT2D eigenvalue weighted by Crippen LogP contribution is 2.37. The largest absolute Gasteiger partial charge is 0.327 e. The summed E-state index contributed by atoms with van der Waals surface area (Å²) in [5.41, 5.74) is 9.48. The Morgan fingerprint density at radius 3 is 2.57 bits per heavy atom.